The van der Waals surface area contributed by atoms with Crippen LogP contribution < -0.4 is 27.0 Å². The number of fused-ring (bicyclic) bond motifs is 1. The average molecular weight is 2050 g/mol. The van der Waals surface area contributed by atoms with Crippen LogP contribution in [-0.2, 0) is 123 Å². The lowest BCUT2D eigenvalue weighted by molar-refractivity contribution is -0.144. The third kappa shape index (κ3) is 39.5. The zero-order valence-electron chi connectivity index (χ0n) is 84.7. The number of phenolic OH excluding ortho intramolecular Hbond substituents is 1. The molecule has 0 saturated carbocycles. The van der Waals surface area contributed by atoms with Gasteiger partial charge in [0.05, 0.1) is 51.0 Å². The number of aromatic amines is 2. The van der Waals surface area contributed by atoms with E-state index >= 15 is 33.6 Å². The average Bonchev–Trinajstić information content (AvgIpc) is 1.71. The van der Waals surface area contributed by atoms with Crippen LogP contribution in [0.4, 0.5) is 5.69 Å². The number of rotatable bonds is 73. The number of carbonyl (C=O) groups is 18. The standard InChI is InChI=1S/C110H144N12O24S/c1-70(2)91(108(144)117-62-107(142)143)59-103(137)93-31-20-41-121(93)109(145)78(25-17-18-39-111)53-98(132)81(47-83-60-116-92-30-16-15-29-90(83)92)56-95(129)75(26-19-40-115-110(112)113)50-97(131)79(45-72-21-9-6-10-22-72)54-99(133)82(48-86-61-114-69-118-86)57-96(130)76(34-37-106(140)141)51-94(128)77(38-44-147-5)52-101(135)85(68-124)58-100(134)80(46-73-32-35-88(126)36-33-73)55-102(136)84(67-123)49-89(127)64-122(87-27-13-8-14-28-87)105(139)66-120(63-74-23-11-7-12-24-74)104(138)65-119(71(3)125)42-43-146-4/h6-16,21-24,27-30,32-33,35-36,60-61,69-70,75-82,84-85,91,93,116,123-124,126H,17-20,25-26,31,34,37-59,62-68,111H2,1-5H3,(H,114,118)(H,117,144)(H,140,141)(H,142,143)(H4,112,113,115). The Morgan fingerprint density at radius 1 is 0.544 bits per heavy atom. The summed E-state index contributed by atoms with van der Waals surface area (Å²) in [5, 5.41) is 65.6. The number of carbonyl (C=O) groups excluding carboxylic acids is 16. The number of ether oxygens (including phenoxy) is 1. The van der Waals surface area contributed by atoms with Crippen molar-refractivity contribution in [2.75, 3.05) is 96.2 Å². The number of phenols is 1. The topological polar surface area (TPSA) is 575 Å². The highest BCUT2D eigenvalue weighted by atomic mass is 32.2. The van der Waals surface area contributed by atoms with Crippen molar-refractivity contribution in [1.82, 2.24) is 40.3 Å². The fourth-order valence-electron chi connectivity index (χ4n) is 19.0. The number of thioether (sulfide) groups is 1. The molecule has 0 aliphatic carbocycles. The van der Waals surface area contributed by atoms with Crippen LogP contribution in [0.2, 0.25) is 0 Å². The number of nitrogens with two attached hydrogens (primary N) is 2. The number of H-pyrrole nitrogens is 2. The lowest BCUT2D eigenvalue weighted by atomic mass is 9.77. The Hall–Kier alpha value is -13.2. The molecular formula is C110H144N12O24S. The molecule has 1 aliphatic rings. The molecule has 12 atom stereocenters. The number of anilines is 1. The third-order valence-corrected chi connectivity index (χ3v) is 28.2. The van der Waals surface area contributed by atoms with Gasteiger partial charge < -0.3 is 81.9 Å². The summed E-state index contributed by atoms with van der Waals surface area (Å²) >= 11 is 1.32. The molecule has 0 spiro atoms. The van der Waals surface area contributed by atoms with Crippen molar-refractivity contribution in [1.29, 1.82) is 5.41 Å². The van der Waals surface area contributed by atoms with Crippen molar-refractivity contribution in [2.24, 2.45) is 82.5 Å². The number of carboxylic acid groups (broad SMARTS) is 2. The van der Waals surface area contributed by atoms with Gasteiger partial charge >= 0.3 is 11.9 Å². The highest BCUT2D eigenvalue weighted by Crippen LogP contribution is 2.36. The van der Waals surface area contributed by atoms with Crippen LogP contribution in [0.5, 0.6) is 5.75 Å². The molecule has 0 radical (unpaired) electrons. The smallest absolute Gasteiger partial charge is 0.322 e. The second-order valence-electron chi connectivity index (χ2n) is 38.8. The van der Waals surface area contributed by atoms with Gasteiger partial charge in [-0.2, -0.15) is 11.8 Å². The maximum Gasteiger partial charge on any atom is 0.322 e. The number of benzene rings is 5. The van der Waals surface area contributed by atoms with Crippen molar-refractivity contribution in [3.63, 3.8) is 0 Å². The number of guanidine groups is 1. The van der Waals surface area contributed by atoms with Gasteiger partial charge in [0.1, 0.15) is 70.9 Å². The number of aromatic hydroxyl groups is 1. The van der Waals surface area contributed by atoms with Gasteiger partial charge in [-0.05, 0) is 148 Å². The number of aliphatic carboxylic acids is 2. The first-order valence-corrected chi connectivity index (χ1v) is 51.9. The van der Waals surface area contributed by atoms with Crippen molar-refractivity contribution in [3.05, 3.63) is 186 Å². The van der Waals surface area contributed by atoms with E-state index in [1.165, 1.54) is 77.3 Å². The van der Waals surface area contributed by atoms with Crippen molar-refractivity contribution < 1.29 is 117 Å². The number of nitrogens with zero attached hydrogens (tertiary/aromatic N) is 5. The number of aromatic nitrogens is 3. The molecule has 36 nitrogen and oxygen atoms in total. The minimum Gasteiger partial charge on any atom is -0.508 e. The fraction of sp³-hybridized carbons (Fsp3) is 0.509. The number of unbranched alkanes of at least 4 members (excludes halogenated alkanes) is 1. The first-order valence-electron chi connectivity index (χ1n) is 50.5. The summed E-state index contributed by atoms with van der Waals surface area (Å²) in [5.74, 6) is -26.2. The van der Waals surface area contributed by atoms with Gasteiger partial charge in [0.15, 0.2) is 17.5 Å². The molecule has 14 N–H and O–H groups in total. The molecule has 794 valence electrons. The number of methoxy groups -OCH3 is 1. The first kappa shape index (κ1) is 119. The minimum absolute atomic E-state index is 0.000114. The molecule has 1 fully saturated rings. The van der Waals surface area contributed by atoms with E-state index in [1.54, 1.807) is 117 Å². The summed E-state index contributed by atoms with van der Waals surface area (Å²) < 4.78 is 5.16. The lowest BCUT2D eigenvalue weighted by Gasteiger charge is -2.30. The number of ketones is 11. The predicted molar refractivity (Wildman–Crippen MR) is 552 cm³/mol. The number of hydrogen-bond acceptors (Lipinski definition) is 26. The van der Waals surface area contributed by atoms with E-state index in [9.17, 15) is 78.3 Å². The molecule has 2 aromatic heterocycles. The van der Waals surface area contributed by atoms with Gasteiger partial charge in [-0.15, -0.1) is 0 Å². The summed E-state index contributed by atoms with van der Waals surface area (Å²) in [5.41, 5.74) is 15.4. The minimum atomic E-state index is -1.49. The maximum atomic E-state index is 15.7. The molecule has 8 rings (SSSR count). The number of hydrogen-bond donors (Lipinski definition) is 12. The Morgan fingerprint density at radius 2 is 1.05 bits per heavy atom. The SMILES string of the molecule is COCCN(CC(=O)N(CC(=O)N(CC(=O)CC(CO)C(=O)CC(Cc1ccc(O)cc1)C(=O)CC(CO)C(=O)CC(CCSC)C(=O)CC(CCC(=O)O)C(=O)CC(Cc1c[nH]cn1)C(=O)CC(Cc1ccccc1)C(=O)CC(CCCNC(=N)N)C(=O)CC(Cc1c[nH]c2ccccc12)C(=O)CC(CCCCN)C(=O)N1CCCC1C(=O)CC(C(=O)NCC(=O)O)C(C)C)c1ccccc1)Cc1ccccc1)C(C)=O. The summed E-state index contributed by atoms with van der Waals surface area (Å²) in [6, 6.07) is 37.7. The van der Waals surface area contributed by atoms with Crippen molar-refractivity contribution in [3.8, 4) is 5.75 Å². The fourth-order valence-corrected chi connectivity index (χ4v) is 19.5. The third-order valence-electron chi connectivity index (χ3n) is 27.5. The lowest BCUT2D eigenvalue weighted by Crippen LogP contribution is -2.48. The van der Waals surface area contributed by atoms with Gasteiger partial charge in [0.2, 0.25) is 29.5 Å². The van der Waals surface area contributed by atoms with Gasteiger partial charge in [-0.25, -0.2) is 4.98 Å². The molecule has 1 saturated heterocycles. The highest BCUT2D eigenvalue weighted by Gasteiger charge is 2.43. The van der Waals surface area contributed by atoms with Gasteiger partial charge in [0.25, 0.3) is 0 Å². The molecule has 5 amide bonds. The van der Waals surface area contributed by atoms with E-state index in [-0.39, 0.29) is 139 Å². The summed E-state index contributed by atoms with van der Waals surface area (Å²) in [6.45, 7) is 1.33. The number of nitrogens with one attached hydrogen (secondary N) is 5. The van der Waals surface area contributed by atoms with E-state index in [1.807, 2.05) is 24.3 Å². The van der Waals surface area contributed by atoms with Crippen LogP contribution in [0.3, 0.4) is 0 Å². The van der Waals surface area contributed by atoms with Gasteiger partial charge in [0, 0.05) is 218 Å². The molecule has 3 heterocycles. The Balaban J connectivity index is 1.01. The van der Waals surface area contributed by atoms with Crippen LogP contribution in [0.25, 0.3) is 10.9 Å². The Bertz CT molecular complexity index is 5570. The molecule has 0 bridgehead atoms. The van der Waals surface area contributed by atoms with Crippen LogP contribution in [0.15, 0.2) is 158 Å². The number of likely N-dealkylation sites (tertiary alicyclic amines) is 1. The van der Waals surface area contributed by atoms with Crippen molar-refractivity contribution >= 4 is 139 Å². The van der Waals surface area contributed by atoms with Crippen LogP contribution in [0.1, 0.15) is 184 Å². The second kappa shape index (κ2) is 62.0. The van der Waals surface area contributed by atoms with E-state index in [4.69, 9.17) is 21.6 Å². The van der Waals surface area contributed by atoms with Crippen LogP contribution in [-0.4, -0.2) is 264 Å². The number of aliphatic hydroxyl groups is 2. The second-order valence-corrected chi connectivity index (χ2v) is 39.8. The summed E-state index contributed by atoms with van der Waals surface area (Å²) in [7, 11) is 1.44. The summed E-state index contributed by atoms with van der Waals surface area (Å²) in [6.07, 6.45) is 1.13. The Labute approximate surface area is 861 Å². The van der Waals surface area contributed by atoms with E-state index in [0.29, 0.717) is 47.2 Å². The van der Waals surface area contributed by atoms with E-state index < -0.39 is 286 Å². The molecule has 1 aliphatic heterocycles. The van der Waals surface area contributed by atoms with Gasteiger partial charge in [-0.1, -0.05) is 129 Å². The maximum absolute atomic E-state index is 15.7. The molecule has 7 aromatic rings. The van der Waals surface area contributed by atoms with Crippen LogP contribution >= 0.6 is 11.8 Å². The molecule has 37 heteroatoms. The van der Waals surface area contributed by atoms with Crippen molar-refractivity contribution in [2.45, 2.75) is 194 Å². The monoisotopic (exact) mass is 2050 g/mol. The number of imidazole rings is 1. The predicted octanol–water partition coefficient (Wildman–Crippen LogP) is 9.60. The zero-order chi connectivity index (χ0) is 107. The molecule has 147 heavy (non-hydrogen) atoms. The van der Waals surface area contributed by atoms with E-state index in [0.717, 1.165) is 15.8 Å². The largest absolute Gasteiger partial charge is 0.508 e. The Kier molecular flexibility index (Phi) is 50.2. The number of carboxylic acids is 2. The van der Waals surface area contributed by atoms with Gasteiger partial charge in [-0.3, -0.25) is 91.7 Å². The summed E-state index contributed by atoms with van der Waals surface area (Å²) in [4.78, 5) is 275. The number of aliphatic hydroxyl groups excluding tert-OH is 2. The number of Topliss-reactive ketones (excluding diaryl/α,β-unsaturated/α-hetero) is 11. The van der Waals surface area contributed by atoms with Crippen LogP contribution in [0, 0.1) is 76.4 Å². The number of amides is 5. The molecule has 12 unspecified atom stereocenters. The normalized spacial score (nSPS) is 14.7. The number of para-hydroxylation sites is 2. The molecular weight excluding hydrogens is 1910 g/mol. The molecule has 5 aromatic carbocycles. The quantitative estimate of drug-likeness (QED) is 0.00958. The zero-order valence-corrected chi connectivity index (χ0v) is 85.5. The highest BCUT2D eigenvalue weighted by molar-refractivity contribution is 7.98. The Morgan fingerprint density at radius 3 is 1.59 bits per heavy atom. The first-order chi connectivity index (χ1) is 70.4. The van der Waals surface area contributed by atoms with E-state index in [2.05, 4.69) is 25.6 Å².